The third kappa shape index (κ3) is 4.43. The fourth-order valence-corrected chi connectivity index (χ4v) is 3.90. The van der Waals surface area contributed by atoms with Crippen molar-refractivity contribution in [3.63, 3.8) is 0 Å². The summed E-state index contributed by atoms with van der Waals surface area (Å²) in [5.41, 5.74) is 0. The molecule has 0 amide bonds. The van der Waals surface area contributed by atoms with Gasteiger partial charge in [0.1, 0.15) is 5.82 Å². The van der Waals surface area contributed by atoms with Crippen molar-refractivity contribution in [1.82, 2.24) is 5.32 Å². The lowest BCUT2D eigenvalue weighted by atomic mass is 10.0. The number of halogens is 2. The van der Waals surface area contributed by atoms with Crippen LogP contribution in [0.5, 0.6) is 0 Å². The molecule has 0 aromatic heterocycles. The zero-order chi connectivity index (χ0) is 15.3. The van der Waals surface area contributed by atoms with E-state index in [0.717, 1.165) is 12.5 Å². The second kappa shape index (κ2) is 7.38. The molecule has 0 bridgehead atoms. The molecule has 3 nitrogen and oxygen atoms in total. The molecule has 2 atom stereocenters. The molecular weight excluding hydrogens is 301 g/mol. The van der Waals surface area contributed by atoms with Gasteiger partial charge in [-0.1, -0.05) is 38.8 Å². The molecule has 0 radical (unpaired) electrons. The molecule has 1 N–H and O–H groups in total. The molecule has 0 saturated heterocycles. The molecule has 0 spiro atoms. The molecule has 1 aromatic rings. The molecule has 0 saturated carbocycles. The highest BCUT2D eigenvalue weighted by Gasteiger charge is 2.24. The Morgan fingerprint density at radius 1 is 1.35 bits per heavy atom. The van der Waals surface area contributed by atoms with Crippen LogP contribution < -0.4 is 5.32 Å². The van der Waals surface area contributed by atoms with Crippen LogP contribution in [0.4, 0.5) is 4.39 Å². The minimum absolute atomic E-state index is 0.0161. The molecule has 20 heavy (non-hydrogen) atoms. The van der Waals surface area contributed by atoms with Crippen LogP contribution in [-0.2, 0) is 9.84 Å². The summed E-state index contributed by atoms with van der Waals surface area (Å²) in [5.74, 6) is -0.394. The van der Waals surface area contributed by atoms with Crippen molar-refractivity contribution in [2.45, 2.75) is 38.1 Å². The first-order chi connectivity index (χ1) is 9.31. The van der Waals surface area contributed by atoms with Gasteiger partial charge in [0.15, 0.2) is 9.84 Å². The van der Waals surface area contributed by atoms with Gasteiger partial charge in [0, 0.05) is 6.04 Å². The van der Waals surface area contributed by atoms with Crippen molar-refractivity contribution >= 4 is 21.4 Å². The second-order valence-electron chi connectivity index (χ2n) is 4.91. The highest BCUT2D eigenvalue weighted by molar-refractivity contribution is 7.91. The van der Waals surface area contributed by atoms with Crippen molar-refractivity contribution < 1.29 is 12.8 Å². The van der Waals surface area contributed by atoms with Gasteiger partial charge in [-0.15, -0.1) is 0 Å². The van der Waals surface area contributed by atoms with E-state index in [0.29, 0.717) is 6.54 Å². The smallest absolute Gasteiger partial charge is 0.179 e. The van der Waals surface area contributed by atoms with Crippen LogP contribution in [0.25, 0.3) is 0 Å². The van der Waals surface area contributed by atoms with Crippen LogP contribution in [0.3, 0.4) is 0 Å². The summed E-state index contributed by atoms with van der Waals surface area (Å²) in [6, 6.07) is 3.39. The molecule has 0 aliphatic heterocycles. The summed E-state index contributed by atoms with van der Waals surface area (Å²) >= 11 is 5.65. The van der Waals surface area contributed by atoms with Crippen LogP contribution in [0.15, 0.2) is 23.1 Å². The van der Waals surface area contributed by atoms with Gasteiger partial charge in [0.05, 0.1) is 15.7 Å². The SMILES string of the molecule is CCNC(CS(=O)(=O)c1ccc(F)c(Cl)c1)C(C)CC. The Bertz CT molecular complexity index is 548. The largest absolute Gasteiger partial charge is 0.313 e. The molecule has 0 aliphatic rings. The van der Waals surface area contributed by atoms with Crippen molar-refractivity contribution in [2.75, 3.05) is 12.3 Å². The van der Waals surface area contributed by atoms with Gasteiger partial charge in [-0.05, 0) is 30.7 Å². The van der Waals surface area contributed by atoms with Crippen molar-refractivity contribution in [3.8, 4) is 0 Å². The lowest BCUT2D eigenvalue weighted by Crippen LogP contribution is -2.40. The monoisotopic (exact) mass is 321 g/mol. The predicted molar refractivity (Wildman–Crippen MR) is 80.4 cm³/mol. The summed E-state index contributed by atoms with van der Waals surface area (Å²) in [6.45, 7) is 6.68. The lowest BCUT2D eigenvalue weighted by molar-refractivity contribution is 0.398. The zero-order valence-electron chi connectivity index (χ0n) is 12.0. The summed E-state index contributed by atoms with van der Waals surface area (Å²) in [6.07, 6.45) is 0.886. The van der Waals surface area contributed by atoms with Gasteiger partial charge in [0.2, 0.25) is 0 Å². The summed E-state index contributed by atoms with van der Waals surface area (Å²) in [4.78, 5) is 0.0649. The van der Waals surface area contributed by atoms with Crippen LogP contribution in [0.1, 0.15) is 27.2 Å². The summed E-state index contributed by atoms with van der Waals surface area (Å²) < 4.78 is 37.9. The van der Waals surface area contributed by atoms with Gasteiger partial charge in [-0.3, -0.25) is 0 Å². The average molecular weight is 322 g/mol. The fourth-order valence-electron chi connectivity index (χ4n) is 1.97. The maximum Gasteiger partial charge on any atom is 0.179 e. The maximum absolute atomic E-state index is 13.1. The summed E-state index contributed by atoms with van der Waals surface area (Å²) in [5, 5.41) is 3.03. The number of hydrogen-bond acceptors (Lipinski definition) is 3. The van der Waals surface area contributed by atoms with E-state index in [1.54, 1.807) is 0 Å². The van der Waals surface area contributed by atoms with E-state index in [9.17, 15) is 12.8 Å². The quantitative estimate of drug-likeness (QED) is 0.784. The highest BCUT2D eigenvalue weighted by atomic mass is 35.5. The average Bonchev–Trinajstić information content (AvgIpc) is 2.40. The minimum atomic E-state index is -3.49. The van der Waals surface area contributed by atoms with Crippen LogP contribution >= 0.6 is 11.6 Å². The van der Waals surface area contributed by atoms with Gasteiger partial charge in [-0.2, -0.15) is 0 Å². The van der Waals surface area contributed by atoms with Gasteiger partial charge in [0.25, 0.3) is 0 Å². The second-order valence-corrected chi connectivity index (χ2v) is 7.35. The first-order valence-electron chi connectivity index (χ1n) is 6.73. The Balaban J connectivity index is 2.99. The fraction of sp³-hybridized carbons (Fsp3) is 0.571. The highest BCUT2D eigenvalue weighted by Crippen LogP contribution is 2.22. The minimum Gasteiger partial charge on any atom is -0.313 e. The van der Waals surface area contributed by atoms with E-state index in [4.69, 9.17) is 11.6 Å². The van der Waals surface area contributed by atoms with Crippen LogP contribution in [-0.4, -0.2) is 26.8 Å². The summed E-state index contributed by atoms with van der Waals surface area (Å²) in [7, 11) is -3.49. The standard InChI is InChI=1S/C14H21ClFNO2S/c1-4-10(3)14(17-5-2)9-20(18,19)11-6-7-13(16)12(15)8-11/h6-8,10,14,17H,4-5,9H2,1-3H3. The van der Waals surface area contributed by atoms with E-state index in [1.807, 2.05) is 20.8 Å². The molecule has 0 fully saturated rings. The van der Waals surface area contributed by atoms with Gasteiger partial charge >= 0.3 is 0 Å². The number of rotatable bonds is 7. The molecule has 1 aromatic carbocycles. The Kier molecular flexibility index (Phi) is 6.43. The van der Waals surface area contributed by atoms with E-state index in [-0.39, 0.29) is 27.6 Å². The third-order valence-electron chi connectivity index (χ3n) is 3.45. The Morgan fingerprint density at radius 2 is 2.00 bits per heavy atom. The molecule has 0 heterocycles. The maximum atomic E-state index is 13.1. The molecule has 1 rings (SSSR count). The first-order valence-corrected chi connectivity index (χ1v) is 8.76. The molecule has 2 unspecified atom stereocenters. The van der Waals surface area contributed by atoms with Gasteiger partial charge < -0.3 is 5.32 Å². The number of benzene rings is 1. The molecular formula is C14H21ClFNO2S. The molecule has 0 aliphatic carbocycles. The number of hydrogen-bond donors (Lipinski definition) is 1. The van der Waals surface area contributed by atoms with E-state index < -0.39 is 15.7 Å². The Labute approximate surface area is 125 Å². The van der Waals surface area contributed by atoms with E-state index in [1.165, 1.54) is 12.1 Å². The number of sulfone groups is 1. The first kappa shape index (κ1) is 17.4. The predicted octanol–water partition coefficient (Wildman–Crippen LogP) is 3.28. The Morgan fingerprint density at radius 3 is 2.50 bits per heavy atom. The van der Waals surface area contributed by atoms with Crippen molar-refractivity contribution in [3.05, 3.63) is 29.0 Å². The molecule has 6 heteroatoms. The zero-order valence-corrected chi connectivity index (χ0v) is 13.6. The number of nitrogens with one attached hydrogen (secondary N) is 1. The Hall–Kier alpha value is -0.650. The van der Waals surface area contributed by atoms with E-state index in [2.05, 4.69) is 5.32 Å². The topological polar surface area (TPSA) is 46.2 Å². The van der Waals surface area contributed by atoms with Crippen LogP contribution in [0.2, 0.25) is 5.02 Å². The lowest BCUT2D eigenvalue weighted by Gasteiger charge is -2.23. The van der Waals surface area contributed by atoms with E-state index >= 15 is 0 Å². The van der Waals surface area contributed by atoms with Crippen LogP contribution in [0, 0.1) is 11.7 Å². The van der Waals surface area contributed by atoms with Crippen molar-refractivity contribution in [2.24, 2.45) is 5.92 Å². The molecule has 114 valence electrons. The normalized spacial score (nSPS) is 15.1. The third-order valence-corrected chi connectivity index (χ3v) is 5.51. The van der Waals surface area contributed by atoms with Gasteiger partial charge in [-0.25, -0.2) is 12.8 Å². The van der Waals surface area contributed by atoms with Crippen molar-refractivity contribution in [1.29, 1.82) is 0 Å².